The molecule has 3 rings (SSSR count). The fourth-order valence-electron chi connectivity index (χ4n) is 3.58. The number of piperidine rings is 1. The maximum absolute atomic E-state index is 13.0. The Balaban J connectivity index is 1.85. The molecule has 1 aliphatic rings. The van der Waals surface area contributed by atoms with Crippen molar-refractivity contribution < 1.29 is 13.2 Å². The van der Waals surface area contributed by atoms with Crippen LogP contribution in [-0.4, -0.2) is 60.5 Å². The number of aromatic nitrogens is 2. The first kappa shape index (κ1) is 23.5. The Morgan fingerprint density at radius 1 is 1.13 bits per heavy atom. The molecule has 1 aromatic heterocycles. The molecule has 1 amide bonds. The third-order valence-electron chi connectivity index (χ3n) is 5.16. The molecule has 1 aromatic carbocycles. The van der Waals surface area contributed by atoms with E-state index >= 15 is 0 Å². The number of hydrogen-bond acceptors (Lipinski definition) is 7. The van der Waals surface area contributed by atoms with E-state index in [2.05, 4.69) is 20.2 Å². The van der Waals surface area contributed by atoms with Crippen LogP contribution in [-0.2, 0) is 14.8 Å². The van der Waals surface area contributed by atoms with Gasteiger partial charge in [0.05, 0.1) is 22.0 Å². The lowest BCUT2D eigenvalue weighted by Gasteiger charge is -2.31. The van der Waals surface area contributed by atoms with E-state index < -0.39 is 10.0 Å². The molecule has 31 heavy (non-hydrogen) atoms. The molecule has 0 atom stereocenters. The van der Waals surface area contributed by atoms with E-state index in [-0.39, 0.29) is 16.6 Å². The summed E-state index contributed by atoms with van der Waals surface area (Å²) in [6, 6.07) is 6.75. The summed E-state index contributed by atoms with van der Waals surface area (Å²) in [7, 11) is -3.62. The summed E-state index contributed by atoms with van der Waals surface area (Å²) in [6.07, 6.45) is 6.59. The number of carbonyl (C=O) groups is 1. The zero-order valence-electron chi connectivity index (χ0n) is 18.0. The van der Waals surface area contributed by atoms with Gasteiger partial charge in [-0.05, 0) is 43.5 Å². The second kappa shape index (κ2) is 10.9. The minimum atomic E-state index is -3.62. The van der Waals surface area contributed by atoms with Gasteiger partial charge >= 0.3 is 0 Å². The van der Waals surface area contributed by atoms with Crippen LogP contribution in [0.1, 0.15) is 33.1 Å². The van der Waals surface area contributed by atoms with Crippen molar-refractivity contribution in [1.82, 2.24) is 14.3 Å². The summed E-state index contributed by atoms with van der Waals surface area (Å²) >= 11 is 1.24. The van der Waals surface area contributed by atoms with Crippen molar-refractivity contribution in [3.8, 4) is 0 Å². The highest BCUT2D eigenvalue weighted by Gasteiger charge is 2.24. The number of sulfonamides is 1. The summed E-state index contributed by atoms with van der Waals surface area (Å²) in [5, 5.41) is 3.45. The fraction of sp³-hybridized carbons (Fsp3) is 0.476. The predicted octanol–water partition coefficient (Wildman–Crippen LogP) is 3.23. The van der Waals surface area contributed by atoms with Gasteiger partial charge in [-0.2, -0.15) is 4.31 Å². The van der Waals surface area contributed by atoms with Gasteiger partial charge in [0.1, 0.15) is 0 Å². The molecule has 2 heterocycles. The van der Waals surface area contributed by atoms with Crippen molar-refractivity contribution in [3.05, 3.63) is 36.7 Å². The van der Waals surface area contributed by atoms with Crippen LogP contribution in [0.25, 0.3) is 0 Å². The Morgan fingerprint density at radius 2 is 1.81 bits per heavy atom. The Hall–Kier alpha value is -2.17. The van der Waals surface area contributed by atoms with Crippen LogP contribution in [0.3, 0.4) is 0 Å². The van der Waals surface area contributed by atoms with E-state index in [0.29, 0.717) is 23.9 Å². The predicted molar refractivity (Wildman–Crippen MR) is 124 cm³/mol. The van der Waals surface area contributed by atoms with Crippen molar-refractivity contribution in [1.29, 1.82) is 0 Å². The smallest absolute Gasteiger partial charge is 0.243 e. The molecule has 0 aliphatic carbocycles. The van der Waals surface area contributed by atoms with Gasteiger partial charge in [0.2, 0.25) is 15.9 Å². The topological polar surface area (TPSA) is 95.5 Å². The summed E-state index contributed by atoms with van der Waals surface area (Å²) in [4.78, 5) is 23.3. The number of anilines is 2. The van der Waals surface area contributed by atoms with Gasteiger partial charge in [0.15, 0.2) is 5.16 Å². The number of thioether (sulfide) groups is 1. The van der Waals surface area contributed by atoms with Gasteiger partial charge in [-0.1, -0.05) is 25.6 Å². The second-order valence-corrected chi connectivity index (χ2v) is 10.1. The first-order valence-electron chi connectivity index (χ1n) is 10.5. The lowest BCUT2D eigenvalue weighted by atomic mass is 10.1. The van der Waals surface area contributed by atoms with Crippen molar-refractivity contribution in [2.24, 2.45) is 0 Å². The highest BCUT2D eigenvalue weighted by atomic mass is 32.2. The number of amides is 1. The second-order valence-electron chi connectivity index (χ2n) is 7.18. The number of benzene rings is 1. The van der Waals surface area contributed by atoms with Crippen molar-refractivity contribution in [2.75, 3.05) is 42.1 Å². The molecule has 1 N–H and O–H groups in total. The van der Waals surface area contributed by atoms with Gasteiger partial charge in [-0.15, -0.1) is 0 Å². The van der Waals surface area contributed by atoms with E-state index in [4.69, 9.17) is 0 Å². The van der Waals surface area contributed by atoms with Gasteiger partial charge in [-0.25, -0.2) is 18.4 Å². The van der Waals surface area contributed by atoms with Crippen LogP contribution >= 0.6 is 11.8 Å². The van der Waals surface area contributed by atoms with Crippen molar-refractivity contribution >= 4 is 39.1 Å². The van der Waals surface area contributed by atoms with Gasteiger partial charge in [-0.3, -0.25) is 4.79 Å². The highest BCUT2D eigenvalue weighted by Crippen LogP contribution is 2.32. The van der Waals surface area contributed by atoms with Crippen LogP contribution in [0.5, 0.6) is 0 Å². The zero-order valence-corrected chi connectivity index (χ0v) is 19.6. The molecule has 10 heteroatoms. The first-order valence-corrected chi connectivity index (χ1v) is 13.0. The van der Waals surface area contributed by atoms with E-state index in [1.165, 1.54) is 22.5 Å². The molecule has 0 unspecified atom stereocenters. The Bertz CT molecular complexity index is 976. The molecule has 0 bridgehead atoms. The molecule has 0 radical (unpaired) electrons. The Morgan fingerprint density at radius 3 is 2.45 bits per heavy atom. The van der Waals surface area contributed by atoms with Crippen LogP contribution in [0, 0.1) is 0 Å². The fourth-order valence-corrected chi connectivity index (χ4v) is 5.66. The summed E-state index contributed by atoms with van der Waals surface area (Å²) in [5.74, 6) is -0.0932. The SMILES string of the molecule is CCN(CC)S(=O)(=O)c1ccc(N2CCCCC2)c(NC(=O)CSc2ncccn2)c1. The maximum atomic E-state index is 13.0. The minimum Gasteiger partial charge on any atom is -0.370 e. The van der Waals surface area contributed by atoms with Crippen LogP contribution < -0.4 is 10.2 Å². The molecule has 0 saturated carbocycles. The van der Waals surface area contributed by atoms with Crippen LogP contribution in [0.4, 0.5) is 11.4 Å². The number of nitrogens with zero attached hydrogens (tertiary/aromatic N) is 4. The highest BCUT2D eigenvalue weighted by molar-refractivity contribution is 7.99. The zero-order chi connectivity index (χ0) is 22.3. The third kappa shape index (κ3) is 5.96. The molecule has 168 valence electrons. The third-order valence-corrected chi connectivity index (χ3v) is 8.08. The van der Waals surface area contributed by atoms with Gasteiger partial charge in [0.25, 0.3) is 0 Å². The summed E-state index contributed by atoms with van der Waals surface area (Å²) in [6.45, 7) is 6.18. The largest absolute Gasteiger partial charge is 0.370 e. The van der Waals surface area contributed by atoms with Crippen LogP contribution in [0.15, 0.2) is 46.7 Å². The van der Waals surface area contributed by atoms with E-state index in [1.54, 1.807) is 30.6 Å². The molecule has 1 fully saturated rings. The summed E-state index contributed by atoms with van der Waals surface area (Å²) in [5.41, 5.74) is 1.38. The normalized spacial score (nSPS) is 14.6. The monoisotopic (exact) mass is 463 g/mol. The number of carbonyl (C=O) groups excluding carboxylic acids is 1. The number of nitrogens with one attached hydrogen (secondary N) is 1. The number of hydrogen-bond donors (Lipinski definition) is 1. The molecule has 2 aromatic rings. The van der Waals surface area contributed by atoms with Crippen molar-refractivity contribution in [3.63, 3.8) is 0 Å². The van der Waals surface area contributed by atoms with Crippen LogP contribution in [0.2, 0.25) is 0 Å². The Kier molecular flexibility index (Phi) is 8.28. The Labute approximate surface area is 188 Å². The standard InChI is InChI=1S/C21H29N5O3S2/c1-3-26(4-2)31(28,29)17-9-10-19(25-13-6-5-7-14-25)18(15-17)24-20(27)16-30-21-22-11-8-12-23-21/h8-12,15H,3-7,13-14,16H2,1-2H3,(H,24,27). The van der Waals surface area contributed by atoms with E-state index in [0.717, 1.165) is 31.6 Å². The van der Waals surface area contributed by atoms with E-state index in [1.807, 2.05) is 19.9 Å². The summed E-state index contributed by atoms with van der Waals surface area (Å²) < 4.78 is 27.4. The molecule has 1 saturated heterocycles. The minimum absolute atomic E-state index is 0.135. The lowest BCUT2D eigenvalue weighted by molar-refractivity contribution is -0.113. The molecule has 0 spiro atoms. The molecular formula is C21H29N5O3S2. The maximum Gasteiger partial charge on any atom is 0.243 e. The van der Waals surface area contributed by atoms with Crippen molar-refractivity contribution in [2.45, 2.75) is 43.2 Å². The molecule has 1 aliphatic heterocycles. The lowest BCUT2D eigenvalue weighted by Crippen LogP contribution is -2.32. The molecular weight excluding hydrogens is 434 g/mol. The molecule has 8 nitrogen and oxygen atoms in total. The quantitative estimate of drug-likeness (QED) is 0.451. The van der Waals surface area contributed by atoms with E-state index in [9.17, 15) is 13.2 Å². The van der Waals surface area contributed by atoms with Gasteiger partial charge in [0, 0.05) is 38.6 Å². The van der Waals surface area contributed by atoms with Gasteiger partial charge < -0.3 is 10.2 Å². The average molecular weight is 464 g/mol. The number of rotatable bonds is 9. The first-order chi connectivity index (χ1) is 15.0. The average Bonchev–Trinajstić information content (AvgIpc) is 2.79.